The molecule has 0 saturated carbocycles. The van der Waals surface area contributed by atoms with Gasteiger partial charge in [-0.25, -0.2) is 4.98 Å². The molecular formula is C15H14BrClN2O. The number of pyridine rings is 1. The molecule has 0 spiro atoms. The number of aromatic nitrogens is 1. The predicted molar refractivity (Wildman–Crippen MR) is 83.9 cm³/mol. The molecule has 0 aliphatic carbocycles. The summed E-state index contributed by atoms with van der Waals surface area (Å²) in [5.41, 5.74) is 1.43. The van der Waals surface area contributed by atoms with Crippen LogP contribution >= 0.6 is 27.5 Å². The fraction of sp³-hybridized carbons (Fsp3) is 0.200. The molecule has 1 aromatic carbocycles. The summed E-state index contributed by atoms with van der Waals surface area (Å²) in [5.74, 6) is -0.181. The molecule has 20 heavy (non-hydrogen) atoms. The first kappa shape index (κ1) is 15.0. The van der Waals surface area contributed by atoms with Crippen LogP contribution in [0.5, 0.6) is 0 Å². The number of carbonyl (C=O) groups is 1. The van der Waals surface area contributed by atoms with E-state index in [9.17, 15) is 4.79 Å². The normalized spacial score (nSPS) is 11.9. The van der Waals surface area contributed by atoms with E-state index in [-0.39, 0.29) is 11.9 Å². The van der Waals surface area contributed by atoms with Crippen LogP contribution < -0.4 is 5.32 Å². The average Bonchev–Trinajstić information content (AvgIpc) is 2.46. The zero-order valence-corrected chi connectivity index (χ0v) is 13.3. The lowest BCUT2D eigenvalue weighted by atomic mass is 10.0. The number of hydrogen-bond acceptors (Lipinski definition) is 2. The molecule has 0 aliphatic rings. The summed E-state index contributed by atoms with van der Waals surface area (Å²) in [6.07, 6.45) is 2.40. The fourth-order valence-electron chi connectivity index (χ4n) is 1.86. The lowest BCUT2D eigenvalue weighted by molar-refractivity contribution is 0.0930. The predicted octanol–water partition coefficient (Wildman–Crippen LogP) is 4.38. The molecule has 2 aromatic rings. The highest BCUT2D eigenvalue weighted by Crippen LogP contribution is 2.19. The van der Waals surface area contributed by atoms with E-state index in [1.165, 1.54) is 0 Å². The molecule has 0 fully saturated rings. The van der Waals surface area contributed by atoms with Gasteiger partial charge in [-0.1, -0.05) is 30.7 Å². The van der Waals surface area contributed by atoms with Crippen molar-refractivity contribution in [2.75, 3.05) is 0 Å². The van der Waals surface area contributed by atoms with Crippen molar-refractivity contribution in [3.63, 3.8) is 0 Å². The van der Waals surface area contributed by atoms with Gasteiger partial charge >= 0.3 is 0 Å². The Morgan fingerprint density at radius 1 is 1.30 bits per heavy atom. The van der Waals surface area contributed by atoms with Crippen molar-refractivity contribution in [3.8, 4) is 0 Å². The van der Waals surface area contributed by atoms with Crippen molar-refractivity contribution in [3.05, 3.63) is 63.3 Å². The first-order valence-corrected chi connectivity index (χ1v) is 7.45. The molecule has 0 bridgehead atoms. The minimum absolute atomic E-state index is 0.0507. The van der Waals surface area contributed by atoms with Crippen LogP contribution in [0.2, 0.25) is 5.02 Å². The molecule has 1 aromatic heterocycles. The second-order valence-corrected chi connectivity index (χ2v) is 5.70. The largest absolute Gasteiger partial charge is 0.344 e. The summed E-state index contributed by atoms with van der Waals surface area (Å²) in [6, 6.07) is 10.9. The van der Waals surface area contributed by atoms with Gasteiger partial charge in [-0.05, 0) is 52.2 Å². The van der Waals surface area contributed by atoms with Gasteiger partial charge in [0, 0.05) is 15.7 Å². The molecule has 3 nitrogen and oxygen atoms in total. The highest BCUT2D eigenvalue weighted by atomic mass is 79.9. The van der Waals surface area contributed by atoms with Crippen LogP contribution in [0.15, 0.2) is 47.1 Å². The topological polar surface area (TPSA) is 42.0 Å². The first-order valence-electron chi connectivity index (χ1n) is 6.28. The number of amides is 1. The Morgan fingerprint density at radius 3 is 2.55 bits per heavy atom. The van der Waals surface area contributed by atoms with E-state index in [1.54, 1.807) is 18.3 Å². The van der Waals surface area contributed by atoms with Gasteiger partial charge in [-0.15, -0.1) is 0 Å². The zero-order valence-electron chi connectivity index (χ0n) is 10.9. The Balaban J connectivity index is 2.11. The minimum Gasteiger partial charge on any atom is -0.344 e. The van der Waals surface area contributed by atoms with Crippen LogP contribution in [0.1, 0.15) is 35.4 Å². The second kappa shape index (κ2) is 6.86. The van der Waals surface area contributed by atoms with E-state index >= 15 is 0 Å². The highest BCUT2D eigenvalue weighted by molar-refractivity contribution is 9.10. The molecule has 104 valence electrons. The van der Waals surface area contributed by atoms with Crippen LogP contribution in [0, 0.1) is 0 Å². The van der Waals surface area contributed by atoms with E-state index in [0.717, 1.165) is 16.5 Å². The van der Waals surface area contributed by atoms with Crippen molar-refractivity contribution >= 4 is 33.4 Å². The third kappa shape index (κ3) is 3.81. The van der Waals surface area contributed by atoms with Crippen LogP contribution in [0.3, 0.4) is 0 Å². The summed E-state index contributed by atoms with van der Waals surface area (Å²) in [5, 5.41) is 3.66. The van der Waals surface area contributed by atoms with E-state index in [4.69, 9.17) is 11.6 Å². The maximum absolute atomic E-state index is 12.2. The number of benzene rings is 1. The van der Waals surface area contributed by atoms with E-state index in [1.807, 2.05) is 31.2 Å². The van der Waals surface area contributed by atoms with Crippen LogP contribution in [0.25, 0.3) is 0 Å². The fourth-order valence-corrected chi connectivity index (χ4v) is 2.22. The lowest BCUT2D eigenvalue weighted by Gasteiger charge is -2.17. The zero-order chi connectivity index (χ0) is 14.5. The molecular weight excluding hydrogens is 340 g/mol. The van der Waals surface area contributed by atoms with E-state index in [2.05, 4.69) is 26.2 Å². The quantitative estimate of drug-likeness (QED) is 0.886. The van der Waals surface area contributed by atoms with Crippen molar-refractivity contribution in [1.82, 2.24) is 10.3 Å². The van der Waals surface area contributed by atoms with Gasteiger partial charge in [0.25, 0.3) is 5.91 Å². The van der Waals surface area contributed by atoms with Gasteiger partial charge in [0.15, 0.2) is 0 Å². The molecule has 1 amide bonds. The molecule has 1 atom stereocenters. The van der Waals surface area contributed by atoms with Crippen LogP contribution in [0.4, 0.5) is 0 Å². The highest BCUT2D eigenvalue weighted by Gasteiger charge is 2.14. The van der Waals surface area contributed by atoms with Gasteiger partial charge in [-0.2, -0.15) is 0 Å². The standard InChI is InChI=1S/C15H14BrClN2O/c1-2-13(10-3-6-12(17)7-4-10)19-15(20)14-8-5-11(16)9-18-14/h3-9,13H,2H2,1H3,(H,19,20). The average molecular weight is 354 g/mol. The maximum Gasteiger partial charge on any atom is 0.270 e. The molecule has 0 radical (unpaired) electrons. The van der Waals surface area contributed by atoms with Gasteiger partial charge in [0.05, 0.1) is 6.04 Å². The van der Waals surface area contributed by atoms with Gasteiger partial charge < -0.3 is 5.32 Å². The van der Waals surface area contributed by atoms with Crippen molar-refractivity contribution in [2.45, 2.75) is 19.4 Å². The molecule has 1 unspecified atom stereocenters. The Kier molecular flexibility index (Phi) is 5.15. The monoisotopic (exact) mass is 352 g/mol. The number of rotatable bonds is 4. The molecule has 1 N–H and O–H groups in total. The maximum atomic E-state index is 12.2. The Labute approximate surface area is 131 Å². The number of carbonyl (C=O) groups excluding carboxylic acids is 1. The van der Waals surface area contributed by atoms with Crippen molar-refractivity contribution in [1.29, 1.82) is 0 Å². The third-order valence-corrected chi connectivity index (χ3v) is 3.67. The molecule has 5 heteroatoms. The number of halogens is 2. The number of hydrogen-bond donors (Lipinski definition) is 1. The summed E-state index contributed by atoms with van der Waals surface area (Å²) in [6.45, 7) is 2.02. The summed E-state index contributed by atoms with van der Waals surface area (Å²) < 4.78 is 0.846. The Bertz CT molecular complexity index is 584. The van der Waals surface area contributed by atoms with Crippen molar-refractivity contribution in [2.24, 2.45) is 0 Å². The smallest absolute Gasteiger partial charge is 0.270 e. The minimum atomic E-state index is -0.181. The van der Waals surface area contributed by atoms with Crippen LogP contribution in [-0.2, 0) is 0 Å². The first-order chi connectivity index (χ1) is 9.60. The molecule has 1 heterocycles. The molecule has 2 rings (SSSR count). The van der Waals surface area contributed by atoms with Crippen LogP contribution in [-0.4, -0.2) is 10.9 Å². The summed E-state index contributed by atoms with van der Waals surface area (Å²) in [4.78, 5) is 16.2. The number of nitrogens with zero attached hydrogens (tertiary/aromatic N) is 1. The van der Waals surface area contributed by atoms with Crippen molar-refractivity contribution < 1.29 is 4.79 Å². The van der Waals surface area contributed by atoms with Gasteiger partial charge in [0.1, 0.15) is 5.69 Å². The SMILES string of the molecule is CCC(NC(=O)c1ccc(Br)cn1)c1ccc(Cl)cc1. The Hall–Kier alpha value is -1.39. The van der Waals surface area contributed by atoms with Gasteiger partial charge in [-0.3, -0.25) is 4.79 Å². The van der Waals surface area contributed by atoms with Gasteiger partial charge in [0.2, 0.25) is 0 Å². The molecule has 0 saturated heterocycles. The lowest BCUT2D eigenvalue weighted by Crippen LogP contribution is -2.28. The summed E-state index contributed by atoms with van der Waals surface area (Å²) in [7, 11) is 0. The second-order valence-electron chi connectivity index (χ2n) is 4.35. The Morgan fingerprint density at radius 2 is 2.00 bits per heavy atom. The number of nitrogens with one attached hydrogen (secondary N) is 1. The van der Waals surface area contributed by atoms with E-state index < -0.39 is 0 Å². The van der Waals surface area contributed by atoms with E-state index in [0.29, 0.717) is 10.7 Å². The molecule has 0 aliphatic heterocycles. The summed E-state index contributed by atoms with van der Waals surface area (Å²) >= 11 is 9.17. The third-order valence-electron chi connectivity index (χ3n) is 2.95.